The first kappa shape index (κ1) is 17.5. The molecule has 115 valence electrons. The van der Waals surface area contributed by atoms with E-state index in [1.54, 1.807) is 33.4 Å². The normalized spacial score (nSPS) is 24.5. The van der Waals surface area contributed by atoms with Gasteiger partial charge in [-0.05, 0) is 0 Å². The van der Waals surface area contributed by atoms with Crippen LogP contribution in [0.3, 0.4) is 0 Å². The van der Waals surface area contributed by atoms with Crippen LogP contribution >= 0.6 is 0 Å². The summed E-state index contributed by atoms with van der Waals surface area (Å²) in [6.07, 6.45) is 0. The molecule has 2 aliphatic carbocycles. The summed E-state index contributed by atoms with van der Waals surface area (Å²) in [6, 6.07) is 0. The Morgan fingerprint density at radius 2 is 0.857 bits per heavy atom. The van der Waals surface area contributed by atoms with Crippen LogP contribution in [-0.4, -0.2) is 0 Å². The van der Waals surface area contributed by atoms with Gasteiger partial charge in [-0.1, -0.05) is 0 Å². The predicted octanol–water partition coefficient (Wildman–Crippen LogP) is 6.48. The molecule has 0 spiro atoms. The van der Waals surface area contributed by atoms with Gasteiger partial charge in [0.1, 0.15) is 0 Å². The Bertz CT molecular complexity index is 581. The first-order valence-corrected chi connectivity index (χ1v) is 11.7. The van der Waals surface area contributed by atoms with Crippen molar-refractivity contribution in [1.82, 2.24) is 0 Å². The minimum atomic E-state index is -1.15. The summed E-state index contributed by atoms with van der Waals surface area (Å²) in [4.78, 5) is 0. The Kier molecular flexibility index (Phi) is 4.47. The fourth-order valence-corrected chi connectivity index (χ4v) is 11.2. The molecule has 2 rings (SSSR count). The van der Waals surface area contributed by atoms with E-state index in [2.05, 4.69) is 69.2 Å². The van der Waals surface area contributed by atoms with Gasteiger partial charge in [-0.3, -0.25) is 0 Å². The molecule has 0 aromatic rings. The smallest absolute Gasteiger partial charge is 1.00 e. The van der Waals surface area contributed by atoms with Crippen LogP contribution in [0.4, 0.5) is 0 Å². The van der Waals surface area contributed by atoms with Crippen molar-refractivity contribution >= 4 is 0 Å². The molecule has 0 saturated carbocycles. The Hall–Kier alpha value is 0.155. The van der Waals surface area contributed by atoms with Gasteiger partial charge in [0.25, 0.3) is 0 Å². The number of allylic oxidation sites excluding steroid dienone is 8. The molecule has 0 nitrogen and oxygen atoms in total. The van der Waals surface area contributed by atoms with Gasteiger partial charge in [-0.15, -0.1) is 0 Å². The third kappa shape index (κ3) is 2.44. The first-order valence-electron chi connectivity index (χ1n) is 8.08. The molecule has 0 aliphatic heterocycles. The molecule has 0 bridgehead atoms. The van der Waals surface area contributed by atoms with Gasteiger partial charge in [-0.2, -0.15) is 0 Å². The molecular formula is C20H31La-. The molecule has 0 aromatic carbocycles. The van der Waals surface area contributed by atoms with Crippen molar-refractivity contribution in [2.75, 3.05) is 0 Å². The monoisotopic (exact) mass is 410 g/mol. The van der Waals surface area contributed by atoms with Gasteiger partial charge < -0.3 is 1.43 Å². The Morgan fingerprint density at radius 3 is 1.05 bits per heavy atom. The third-order valence-corrected chi connectivity index (χ3v) is 15.6. The number of rotatable bonds is 2. The van der Waals surface area contributed by atoms with Gasteiger partial charge in [-0.25, -0.2) is 0 Å². The topological polar surface area (TPSA) is 0 Å². The zero-order chi connectivity index (χ0) is 16.3. The van der Waals surface area contributed by atoms with Crippen molar-refractivity contribution in [2.24, 2.45) is 10.8 Å². The zero-order valence-electron chi connectivity index (χ0n) is 16.6. The fourth-order valence-electron chi connectivity index (χ4n) is 3.97. The van der Waals surface area contributed by atoms with Crippen molar-refractivity contribution in [3.63, 3.8) is 0 Å². The molecule has 0 heterocycles. The van der Waals surface area contributed by atoms with E-state index in [1.165, 1.54) is 0 Å². The van der Waals surface area contributed by atoms with E-state index in [4.69, 9.17) is 0 Å². The quantitative estimate of drug-likeness (QED) is 0.489. The van der Waals surface area contributed by atoms with E-state index in [9.17, 15) is 0 Å². The molecule has 0 aromatic heterocycles. The molecule has 0 saturated heterocycles. The van der Waals surface area contributed by atoms with Crippen LogP contribution in [0, 0.1) is 42.7 Å². The van der Waals surface area contributed by atoms with Gasteiger partial charge in [0.2, 0.25) is 0 Å². The van der Waals surface area contributed by atoms with E-state index in [-0.39, 0.29) is 1.43 Å². The van der Waals surface area contributed by atoms with E-state index in [0.717, 1.165) is 0 Å². The second-order valence-corrected chi connectivity index (χ2v) is 12.5. The maximum absolute atomic E-state index is 2.44. The zero-order valence-corrected chi connectivity index (χ0v) is 19.2. The standard InChI is InChI=1S/2C10H15.La.H/c2*1-7-6-10(4,5)9(3)8(7)2;;/h2*1-5H3;;/q;;;-1. The molecular weight excluding hydrogens is 379 g/mol. The number of hydrogen-bond acceptors (Lipinski definition) is 0. The maximum atomic E-state index is 2.44. The van der Waals surface area contributed by atoms with E-state index in [0.29, 0.717) is 10.8 Å². The SMILES string of the molecule is CC1=C(C)C(C)(C)[C]([La][C]2=C(C)C(C)=C(C)C2(C)C)=C1C.[H-]. The second-order valence-electron chi connectivity index (χ2n) is 7.97. The minimum absolute atomic E-state index is 0. The molecule has 0 fully saturated rings. The van der Waals surface area contributed by atoms with Crippen LogP contribution in [-0.2, 0) is 0 Å². The predicted molar refractivity (Wildman–Crippen MR) is 90.8 cm³/mol. The van der Waals surface area contributed by atoms with Gasteiger partial charge in [0.15, 0.2) is 0 Å². The third-order valence-electron chi connectivity index (χ3n) is 6.57. The Morgan fingerprint density at radius 1 is 0.571 bits per heavy atom. The molecule has 21 heavy (non-hydrogen) atoms. The summed E-state index contributed by atoms with van der Waals surface area (Å²) < 4.78 is 3.67. The molecule has 2 aliphatic rings. The van der Waals surface area contributed by atoms with Crippen molar-refractivity contribution in [3.8, 4) is 0 Å². The summed E-state index contributed by atoms with van der Waals surface area (Å²) in [5, 5.41) is 0. The summed E-state index contributed by atoms with van der Waals surface area (Å²) in [6.45, 7) is 23.8. The minimum Gasteiger partial charge on any atom is -1.00 e. The maximum Gasteiger partial charge on any atom is -1.00 e. The average Bonchev–Trinajstić information content (AvgIpc) is 2.63. The van der Waals surface area contributed by atoms with Crippen LogP contribution < -0.4 is 0 Å². The van der Waals surface area contributed by atoms with Crippen LogP contribution in [0.5, 0.6) is 0 Å². The summed E-state index contributed by atoms with van der Waals surface area (Å²) in [7, 11) is 0. The summed E-state index contributed by atoms with van der Waals surface area (Å²) in [5.41, 5.74) is 10.2. The van der Waals surface area contributed by atoms with E-state index in [1.807, 2.05) is 3.95 Å². The number of hydrogen-bond donors (Lipinski definition) is 0. The van der Waals surface area contributed by atoms with Crippen LogP contribution in [0.2, 0.25) is 0 Å². The summed E-state index contributed by atoms with van der Waals surface area (Å²) in [5.74, 6) is 0. The van der Waals surface area contributed by atoms with Crippen molar-refractivity contribution in [3.05, 3.63) is 37.4 Å². The Labute approximate surface area is 150 Å². The first-order chi connectivity index (χ1) is 9.44. The summed E-state index contributed by atoms with van der Waals surface area (Å²) >= 11 is -1.15. The fraction of sp³-hybridized carbons (Fsp3) is 0.600. The molecule has 0 radical (unpaired) electrons. The van der Waals surface area contributed by atoms with E-state index < -0.39 is 31.9 Å². The largest absolute Gasteiger partial charge is 1.00 e. The van der Waals surface area contributed by atoms with Crippen LogP contribution in [0.1, 0.15) is 70.7 Å². The molecule has 0 amide bonds. The van der Waals surface area contributed by atoms with Gasteiger partial charge in [0.05, 0.1) is 0 Å². The van der Waals surface area contributed by atoms with Crippen molar-refractivity contribution in [1.29, 1.82) is 0 Å². The van der Waals surface area contributed by atoms with Crippen molar-refractivity contribution < 1.29 is 33.3 Å². The van der Waals surface area contributed by atoms with E-state index >= 15 is 0 Å². The van der Waals surface area contributed by atoms with Gasteiger partial charge >= 0.3 is 149 Å². The van der Waals surface area contributed by atoms with Gasteiger partial charge in [0, 0.05) is 0 Å². The van der Waals surface area contributed by atoms with Crippen molar-refractivity contribution in [2.45, 2.75) is 69.2 Å². The molecule has 0 atom stereocenters. The average molecular weight is 410 g/mol. The molecule has 1 heteroatoms. The molecule has 0 N–H and O–H groups in total. The molecule has 0 unspecified atom stereocenters. The van der Waals surface area contributed by atoms with Crippen LogP contribution in [0.25, 0.3) is 0 Å². The van der Waals surface area contributed by atoms with Crippen LogP contribution in [0.15, 0.2) is 37.4 Å². The second kappa shape index (κ2) is 5.36. The Balaban J connectivity index is 0.00000242.